The monoisotopic (exact) mass is 333 g/mol. The molecule has 1 N–H and O–H groups in total. The molecule has 0 aliphatic rings. The fraction of sp³-hybridized carbons (Fsp3) is 0.294. The number of nitrogens with zero attached hydrogens (tertiary/aromatic N) is 2. The van der Waals surface area contributed by atoms with Gasteiger partial charge in [0, 0.05) is 19.1 Å². The number of benzene rings is 1. The third kappa shape index (κ3) is 4.60. The van der Waals surface area contributed by atoms with Crippen molar-refractivity contribution in [2.24, 2.45) is 0 Å². The number of hydrogen-bond donors (Lipinski definition) is 1. The Bertz CT molecular complexity index is 687. The molecule has 0 bridgehead atoms. The topological polar surface area (TPSA) is 54.5 Å². The molecule has 122 valence electrons. The van der Waals surface area contributed by atoms with Crippen LogP contribution in [0.3, 0.4) is 0 Å². The first-order valence-corrected chi connectivity index (χ1v) is 7.61. The predicted octanol–water partition coefficient (Wildman–Crippen LogP) is 3.52. The van der Waals surface area contributed by atoms with E-state index in [-0.39, 0.29) is 5.91 Å². The number of aryl methyl sites for hydroxylation is 1. The van der Waals surface area contributed by atoms with Crippen LogP contribution in [0.5, 0.6) is 5.75 Å². The molecule has 0 fully saturated rings. The summed E-state index contributed by atoms with van der Waals surface area (Å²) < 4.78 is 5.70. The first kappa shape index (κ1) is 17.1. The molecule has 2 rings (SSSR count). The molecule has 1 aromatic carbocycles. The van der Waals surface area contributed by atoms with Crippen LogP contribution in [-0.2, 0) is 4.79 Å². The van der Waals surface area contributed by atoms with Crippen molar-refractivity contribution in [2.75, 3.05) is 24.3 Å². The molecule has 1 atom stereocenters. The Hall–Kier alpha value is -2.27. The summed E-state index contributed by atoms with van der Waals surface area (Å²) in [6.45, 7) is 3.58. The summed E-state index contributed by atoms with van der Waals surface area (Å²) in [6.07, 6.45) is 0.983. The third-order valence-electron chi connectivity index (χ3n) is 3.28. The number of nitrogens with one attached hydrogen (secondary N) is 1. The van der Waals surface area contributed by atoms with Crippen LogP contribution in [-0.4, -0.2) is 31.1 Å². The van der Waals surface area contributed by atoms with Crippen molar-refractivity contribution in [3.05, 3.63) is 47.1 Å². The quantitative estimate of drug-likeness (QED) is 0.909. The summed E-state index contributed by atoms with van der Waals surface area (Å²) in [7, 11) is 3.82. The Labute approximate surface area is 141 Å². The van der Waals surface area contributed by atoms with Gasteiger partial charge in [-0.3, -0.25) is 4.79 Å². The SMILES string of the molecule is Cc1cc(Cl)ccc1OC(C)C(=O)Nc1ccc(N(C)C)nc1. The summed E-state index contributed by atoms with van der Waals surface area (Å²) >= 11 is 5.91. The van der Waals surface area contributed by atoms with E-state index in [1.165, 1.54) is 0 Å². The lowest BCUT2D eigenvalue weighted by Gasteiger charge is -2.17. The molecule has 5 nitrogen and oxygen atoms in total. The minimum absolute atomic E-state index is 0.237. The van der Waals surface area contributed by atoms with E-state index in [9.17, 15) is 4.79 Å². The molecular weight excluding hydrogens is 314 g/mol. The number of rotatable bonds is 5. The summed E-state index contributed by atoms with van der Waals surface area (Å²) in [6, 6.07) is 8.93. The molecule has 1 aromatic heterocycles. The normalized spacial score (nSPS) is 11.7. The average Bonchev–Trinajstić information content (AvgIpc) is 2.50. The predicted molar refractivity (Wildman–Crippen MR) is 93.5 cm³/mol. The summed E-state index contributed by atoms with van der Waals surface area (Å²) in [4.78, 5) is 18.4. The lowest BCUT2D eigenvalue weighted by atomic mass is 10.2. The molecule has 23 heavy (non-hydrogen) atoms. The van der Waals surface area contributed by atoms with Crippen LogP contribution in [0.2, 0.25) is 5.02 Å². The van der Waals surface area contributed by atoms with Crippen LogP contribution < -0.4 is 15.0 Å². The minimum atomic E-state index is -0.636. The number of carbonyl (C=O) groups excluding carboxylic acids is 1. The second-order valence-electron chi connectivity index (χ2n) is 5.46. The van der Waals surface area contributed by atoms with Gasteiger partial charge < -0.3 is 15.0 Å². The fourth-order valence-electron chi connectivity index (χ4n) is 1.96. The molecule has 1 heterocycles. The highest BCUT2D eigenvalue weighted by Gasteiger charge is 2.16. The van der Waals surface area contributed by atoms with E-state index in [0.29, 0.717) is 16.5 Å². The van der Waals surface area contributed by atoms with Crippen molar-refractivity contribution in [1.82, 2.24) is 4.98 Å². The van der Waals surface area contributed by atoms with Gasteiger partial charge in [0.1, 0.15) is 11.6 Å². The van der Waals surface area contributed by atoms with Crippen molar-refractivity contribution < 1.29 is 9.53 Å². The van der Waals surface area contributed by atoms with Gasteiger partial charge in [-0.25, -0.2) is 4.98 Å². The maximum atomic E-state index is 12.2. The molecule has 2 aromatic rings. The molecule has 0 spiro atoms. The molecule has 0 saturated carbocycles. The van der Waals surface area contributed by atoms with Gasteiger partial charge in [0.05, 0.1) is 11.9 Å². The smallest absolute Gasteiger partial charge is 0.265 e. The Morgan fingerprint density at radius 2 is 2.04 bits per heavy atom. The van der Waals surface area contributed by atoms with Crippen LogP contribution >= 0.6 is 11.6 Å². The maximum absolute atomic E-state index is 12.2. The Kier molecular flexibility index (Phi) is 5.45. The van der Waals surface area contributed by atoms with Gasteiger partial charge in [-0.2, -0.15) is 0 Å². The highest BCUT2D eigenvalue weighted by atomic mass is 35.5. The standard InChI is InChI=1S/C17H20ClN3O2/c1-11-9-13(18)5-7-15(11)23-12(2)17(22)20-14-6-8-16(19-10-14)21(3)4/h5-10,12H,1-4H3,(H,20,22). The molecule has 0 aliphatic carbocycles. The number of aromatic nitrogens is 1. The number of ether oxygens (including phenoxy) is 1. The Morgan fingerprint density at radius 1 is 1.30 bits per heavy atom. The molecule has 0 saturated heterocycles. The number of pyridine rings is 1. The number of carbonyl (C=O) groups is 1. The first-order chi connectivity index (χ1) is 10.9. The van der Waals surface area contributed by atoms with Gasteiger partial charge in [-0.1, -0.05) is 11.6 Å². The summed E-state index contributed by atoms with van der Waals surface area (Å²) in [5.41, 5.74) is 1.51. The van der Waals surface area contributed by atoms with Crippen LogP contribution in [0.25, 0.3) is 0 Å². The van der Waals surface area contributed by atoms with Gasteiger partial charge >= 0.3 is 0 Å². The van der Waals surface area contributed by atoms with Crippen molar-refractivity contribution in [2.45, 2.75) is 20.0 Å². The van der Waals surface area contributed by atoms with E-state index in [1.54, 1.807) is 37.4 Å². The van der Waals surface area contributed by atoms with Crippen LogP contribution in [0.1, 0.15) is 12.5 Å². The van der Waals surface area contributed by atoms with Gasteiger partial charge in [0.2, 0.25) is 0 Å². The third-order valence-corrected chi connectivity index (χ3v) is 3.52. The average molecular weight is 334 g/mol. The van der Waals surface area contributed by atoms with Crippen molar-refractivity contribution in [1.29, 1.82) is 0 Å². The Balaban J connectivity index is 1.99. The van der Waals surface area contributed by atoms with Crippen molar-refractivity contribution >= 4 is 29.0 Å². The number of halogens is 1. The zero-order valence-corrected chi connectivity index (χ0v) is 14.4. The van der Waals surface area contributed by atoms with Gasteiger partial charge in [0.25, 0.3) is 5.91 Å². The highest BCUT2D eigenvalue weighted by molar-refractivity contribution is 6.30. The second kappa shape index (κ2) is 7.33. The van der Waals surface area contributed by atoms with Gasteiger partial charge in [-0.15, -0.1) is 0 Å². The highest BCUT2D eigenvalue weighted by Crippen LogP contribution is 2.23. The molecule has 0 radical (unpaired) electrons. The first-order valence-electron chi connectivity index (χ1n) is 7.24. The summed E-state index contributed by atoms with van der Waals surface area (Å²) in [5, 5.41) is 3.43. The zero-order chi connectivity index (χ0) is 17.0. The molecule has 1 unspecified atom stereocenters. The Morgan fingerprint density at radius 3 is 2.61 bits per heavy atom. The second-order valence-corrected chi connectivity index (χ2v) is 5.90. The van der Waals surface area contributed by atoms with E-state index in [4.69, 9.17) is 16.3 Å². The van der Waals surface area contributed by atoms with Crippen LogP contribution in [0.15, 0.2) is 36.5 Å². The van der Waals surface area contributed by atoms with E-state index < -0.39 is 6.10 Å². The van der Waals surface area contributed by atoms with E-state index >= 15 is 0 Å². The van der Waals surface area contributed by atoms with E-state index in [1.807, 2.05) is 32.0 Å². The van der Waals surface area contributed by atoms with Crippen molar-refractivity contribution in [3.63, 3.8) is 0 Å². The molecule has 1 amide bonds. The number of anilines is 2. The van der Waals surface area contributed by atoms with Crippen molar-refractivity contribution in [3.8, 4) is 5.75 Å². The van der Waals surface area contributed by atoms with Gasteiger partial charge in [-0.05, 0) is 49.7 Å². The summed E-state index contributed by atoms with van der Waals surface area (Å²) in [5.74, 6) is 1.22. The zero-order valence-electron chi connectivity index (χ0n) is 13.6. The molecular formula is C17H20ClN3O2. The van der Waals surface area contributed by atoms with E-state index in [2.05, 4.69) is 10.3 Å². The van der Waals surface area contributed by atoms with E-state index in [0.717, 1.165) is 11.4 Å². The lowest BCUT2D eigenvalue weighted by Crippen LogP contribution is -2.30. The van der Waals surface area contributed by atoms with Crippen LogP contribution in [0.4, 0.5) is 11.5 Å². The molecule has 0 aliphatic heterocycles. The van der Waals surface area contributed by atoms with Gasteiger partial charge in [0.15, 0.2) is 6.10 Å². The number of amides is 1. The largest absolute Gasteiger partial charge is 0.481 e. The molecule has 6 heteroatoms. The maximum Gasteiger partial charge on any atom is 0.265 e. The minimum Gasteiger partial charge on any atom is -0.481 e. The lowest BCUT2D eigenvalue weighted by molar-refractivity contribution is -0.122. The number of hydrogen-bond acceptors (Lipinski definition) is 4. The fourth-order valence-corrected chi connectivity index (χ4v) is 2.18. The van der Waals surface area contributed by atoms with Crippen LogP contribution in [0, 0.1) is 6.92 Å².